The number of hydrogen-bond donors (Lipinski definition) is 1. The van der Waals surface area contributed by atoms with Crippen molar-refractivity contribution < 1.29 is 4.79 Å². The van der Waals surface area contributed by atoms with Crippen molar-refractivity contribution >= 4 is 5.91 Å². The van der Waals surface area contributed by atoms with Crippen LogP contribution in [0.1, 0.15) is 29.9 Å². The lowest BCUT2D eigenvalue weighted by molar-refractivity contribution is -0.134. The average Bonchev–Trinajstić information content (AvgIpc) is 2.40. The number of likely N-dealkylation sites (tertiary alicyclic amines) is 1. The number of fused-ring (bicyclic) bond motifs is 1. The lowest BCUT2D eigenvalue weighted by atomic mass is 9.76. The van der Waals surface area contributed by atoms with Crippen molar-refractivity contribution in [3.05, 3.63) is 35.4 Å². The molecule has 18 heavy (non-hydrogen) atoms. The van der Waals surface area contributed by atoms with Crippen molar-refractivity contribution in [3.63, 3.8) is 0 Å². The summed E-state index contributed by atoms with van der Waals surface area (Å²) >= 11 is 0. The first-order valence-corrected chi connectivity index (χ1v) is 6.86. The molecule has 2 N–H and O–H groups in total. The number of nitrogens with zero attached hydrogens (tertiary/aromatic N) is 1. The van der Waals surface area contributed by atoms with Crippen LogP contribution in [0.5, 0.6) is 0 Å². The van der Waals surface area contributed by atoms with Gasteiger partial charge in [0, 0.05) is 13.1 Å². The summed E-state index contributed by atoms with van der Waals surface area (Å²) in [5.74, 6) is 1.06. The highest BCUT2D eigenvalue weighted by Gasteiger charge is 2.35. The van der Waals surface area contributed by atoms with Gasteiger partial charge in [-0.15, -0.1) is 0 Å². The minimum absolute atomic E-state index is 0.121. The minimum Gasteiger partial charge on any atom is -0.342 e. The Labute approximate surface area is 108 Å². The summed E-state index contributed by atoms with van der Waals surface area (Å²) in [5.41, 5.74) is 8.26. The van der Waals surface area contributed by atoms with Gasteiger partial charge in [-0.05, 0) is 42.9 Å². The molecule has 1 aromatic rings. The van der Waals surface area contributed by atoms with Gasteiger partial charge in [-0.1, -0.05) is 24.3 Å². The quantitative estimate of drug-likeness (QED) is 0.857. The second-order valence-corrected chi connectivity index (χ2v) is 5.46. The molecule has 1 amide bonds. The Morgan fingerprint density at radius 1 is 1.28 bits per heavy atom. The maximum Gasteiger partial charge on any atom is 0.230 e. The van der Waals surface area contributed by atoms with E-state index in [0.29, 0.717) is 11.8 Å². The van der Waals surface area contributed by atoms with E-state index in [1.165, 1.54) is 11.1 Å². The fourth-order valence-corrected chi connectivity index (χ4v) is 3.09. The molecular weight excluding hydrogens is 224 g/mol. The fourth-order valence-electron chi connectivity index (χ4n) is 3.09. The summed E-state index contributed by atoms with van der Waals surface area (Å²) in [6.07, 6.45) is 3.05. The van der Waals surface area contributed by atoms with Crippen LogP contribution >= 0.6 is 0 Å². The van der Waals surface area contributed by atoms with Crippen LogP contribution in [0.3, 0.4) is 0 Å². The first kappa shape index (κ1) is 11.7. The molecule has 1 unspecified atom stereocenters. The standard InChI is InChI=1S/C15H20N2O/c16-10-11-5-7-17(8-6-11)15(18)14-9-12-3-1-2-4-13(12)14/h1-4,11,14H,5-10,16H2. The fraction of sp³-hybridized carbons (Fsp3) is 0.533. The normalized spacial score (nSPS) is 23.4. The Balaban J connectivity index is 1.64. The molecular formula is C15H20N2O. The van der Waals surface area contributed by atoms with Crippen molar-refractivity contribution in [2.45, 2.75) is 25.2 Å². The number of rotatable bonds is 2. The van der Waals surface area contributed by atoms with Gasteiger partial charge in [0.15, 0.2) is 0 Å². The third kappa shape index (κ3) is 1.93. The molecule has 3 rings (SSSR count). The minimum atomic E-state index is 0.121. The summed E-state index contributed by atoms with van der Waals surface area (Å²) in [6.45, 7) is 2.53. The van der Waals surface area contributed by atoms with E-state index in [9.17, 15) is 4.79 Å². The van der Waals surface area contributed by atoms with Gasteiger partial charge in [-0.25, -0.2) is 0 Å². The predicted octanol–water partition coefficient (Wildman–Crippen LogP) is 1.52. The SMILES string of the molecule is NCC1CCN(C(=O)C2Cc3ccccc32)CC1. The van der Waals surface area contributed by atoms with Crippen LogP contribution < -0.4 is 5.73 Å². The monoisotopic (exact) mass is 244 g/mol. The molecule has 0 radical (unpaired) electrons. The van der Waals surface area contributed by atoms with E-state index in [-0.39, 0.29) is 5.92 Å². The van der Waals surface area contributed by atoms with E-state index in [1.807, 2.05) is 17.0 Å². The zero-order valence-corrected chi connectivity index (χ0v) is 10.6. The Bertz CT molecular complexity index is 450. The molecule has 1 aromatic carbocycles. The molecule has 0 aromatic heterocycles. The molecule has 3 heteroatoms. The number of piperidine rings is 1. The molecule has 0 spiro atoms. The number of benzene rings is 1. The number of hydrogen-bond acceptors (Lipinski definition) is 2. The van der Waals surface area contributed by atoms with Crippen LogP contribution in [0.25, 0.3) is 0 Å². The molecule has 1 fully saturated rings. The van der Waals surface area contributed by atoms with E-state index < -0.39 is 0 Å². The first-order chi connectivity index (χ1) is 8.79. The smallest absolute Gasteiger partial charge is 0.230 e. The molecule has 0 saturated carbocycles. The summed E-state index contributed by atoms with van der Waals surface area (Å²) in [7, 11) is 0. The van der Waals surface area contributed by atoms with E-state index in [0.717, 1.165) is 38.9 Å². The summed E-state index contributed by atoms with van der Waals surface area (Å²) in [6, 6.07) is 8.29. The van der Waals surface area contributed by atoms with Gasteiger partial charge < -0.3 is 10.6 Å². The van der Waals surface area contributed by atoms with E-state index in [4.69, 9.17) is 5.73 Å². The van der Waals surface area contributed by atoms with Gasteiger partial charge in [0.05, 0.1) is 5.92 Å². The van der Waals surface area contributed by atoms with Crippen LogP contribution in [-0.4, -0.2) is 30.4 Å². The summed E-state index contributed by atoms with van der Waals surface area (Å²) in [4.78, 5) is 14.5. The highest BCUT2D eigenvalue weighted by molar-refractivity contribution is 5.87. The topological polar surface area (TPSA) is 46.3 Å². The van der Waals surface area contributed by atoms with E-state index in [2.05, 4.69) is 12.1 Å². The Morgan fingerprint density at radius 2 is 2.00 bits per heavy atom. The van der Waals surface area contributed by atoms with Crippen LogP contribution in [0.2, 0.25) is 0 Å². The molecule has 3 nitrogen and oxygen atoms in total. The molecule has 1 saturated heterocycles. The highest BCUT2D eigenvalue weighted by Crippen LogP contribution is 2.36. The Hall–Kier alpha value is -1.35. The van der Waals surface area contributed by atoms with Crippen LogP contribution in [0, 0.1) is 5.92 Å². The largest absolute Gasteiger partial charge is 0.342 e. The van der Waals surface area contributed by atoms with Crippen LogP contribution in [-0.2, 0) is 11.2 Å². The summed E-state index contributed by atoms with van der Waals surface area (Å²) in [5, 5.41) is 0. The van der Waals surface area contributed by atoms with Crippen LogP contribution in [0.15, 0.2) is 24.3 Å². The Kier molecular flexibility index (Phi) is 3.08. The van der Waals surface area contributed by atoms with Gasteiger partial charge in [-0.3, -0.25) is 4.79 Å². The van der Waals surface area contributed by atoms with Gasteiger partial charge in [0.2, 0.25) is 5.91 Å². The highest BCUT2D eigenvalue weighted by atomic mass is 16.2. The van der Waals surface area contributed by atoms with Crippen molar-refractivity contribution in [1.82, 2.24) is 4.90 Å². The second-order valence-electron chi connectivity index (χ2n) is 5.46. The predicted molar refractivity (Wildman–Crippen MR) is 71.2 cm³/mol. The third-order valence-electron chi connectivity index (χ3n) is 4.41. The number of nitrogens with two attached hydrogens (primary N) is 1. The molecule has 1 aliphatic heterocycles. The van der Waals surface area contributed by atoms with Crippen molar-refractivity contribution in [2.75, 3.05) is 19.6 Å². The molecule has 1 heterocycles. The first-order valence-electron chi connectivity index (χ1n) is 6.86. The van der Waals surface area contributed by atoms with Crippen molar-refractivity contribution in [2.24, 2.45) is 11.7 Å². The van der Waals surface area contributed by atoms with E-state index >= 15 is 0 Å². The maximum atomic E-state index is 12.4. The average molecular weight is 244 g/mol. The zero-order chi connectivity index (χ0) is 12.5. The van der Waals surface area contributed by atoms with Gasteiger partial charge in [0.1, 0.15) is 0 Å². The van der Waals surface area contributed by atoms with Crippen molar-refractivity contribution in [1.29, 1.82) is 0 Å². The molecule has 2 aliphatic rings. The number of carbonyl (C=O) groups excluding carboxylic acids is 1. The lowest BCUT2D eigenvalue weighted by Gasteiger charge is -2.37. The number of amides is 1. The molecule has 96 valence electrons. The molecule has 0 bridgehead atoms. The van der Waals surface area contributed by atoms with Gasteiger partial charge >= 0.3 is 0 Å². The third-order valence-corrected chi connectivity index (χ3v) is 4.41. The second kappa shape index (κ2) is 4.73. The maximum absolute atomic E-state index is 12.4. The van der Waals surface area contributed by atoms with Crippen LogP contribution in [0.4, 0.5) is 0 Å². The lowest BCUT2D eigenvalue weighted by Crippen LogP contribution is -2.44. The van der Waals surface area contributed by atoms with Crippen molar-refractivity contribution in [3.8, 4) is 0 Å². The van der Waals surface area contributed by atoms with E-state index in [1.54, 1.807) is 0 Å². The zero-order valence-electron chi connectivity index (χ0n) is 10.6. The number of carbonyl (C=O) groups is 1. The van der Waals surface area contributed by atoms with Gasteiger partial charge in [-0.2, -0.15) is 0 Å². The molecule has 1 aliphatic carbocycles. The Morgan fingerprint density at radius 3 is 2.67 bits per heavy atom. The molecule has 1 atom stereocenters. The summed E-state index contributed by atoms with van der Waals surface area (Å²) < 4.78 is 0. The van der Waals surface area contributed by atoms with Gasteiger partial charge in [0.25, 0.3) is 0 Å².